The van der Waals surface area contributed by atoms with Gasteiger partial charge >= 0.3 is 0 Å². The predicted octanol–water partition coefficient (Wildman–Crippen LogP) is 3.28. The first-order chi connectivity index (χ1) is 10.1. The Bertz CT molecular complexity index is 668. The smallest absolute Gasteiger partial charge is 0.276 e. The molecule has 1 aliphatic carbocycles. The van der Waals surface area contributed by atoms with Gasteiger partial charge in [-0.15, -0.1) is 0 Å². The first-order valence-electron chi connectivity index (χ1n) is 7.52. The SMILES string of the molecule is CC(C)c1ccc(NC(=O)c2nn(C)c3c2CCC3)cc1. The van der Waals surface area contributed by atoms with Crippen molar-refractivity contribution in [3.05, 3.63) is 46.8 Å². The molecule has 0 radical (unpaired) electrons. The third kappa shape index (κ3) is 2.58. The number of hydrogen-bond acceptors (Lipinski definition) is 2. The lowest BCUT2D eigenvalue weighted by atomic mass is 10.0. The maximum atomic E-state index is 12.4. The van der Waals surface area contributed by atoms with Gasteiger partial charge in [-0.1, -0.05) is 26.0 Å². The van der Waals surface area contributed by atoms with E-state index >= 15 is 0 Å². The molecular weight excluding hydrogens is 262 g/mol. The van der Waals surface area contributed by atoms with Crippen molar-refractivity contribution in [3.63, 3.8) is 0 Å². The van der Waals surface area contributed by atoms with Gasteiger partial charge in [0.15, 0.2) is 5.69 Å². The van der Waals surface area contributed by atoms with E-state index in [4.69, 9.17) is 0 Å². The zero-order valence-corrected chi connectivity index (χ0v) is 12.8. The number of anilines is 1. The molecule has 0 bridgehead atoms. The highest BCUT2D eigenvalue weighted by Crippen LogP contribution is 2.25. The van der Waals surface area contributed by atoms with Crippen molar-refractivity contribution >= 4 is 11.6 Å². The van der Waals surface area contributed by atoms with E-state index in [-0.39, 0.29) is 5.91 Å². The summed E-state index contributed by atoms with van der Waals surface area (Å²) in [6.07, 6.45) is 3.10. The highest BCUT2D eigenvalue weighted by molar-refractivity contribution is 6.04. The van der Waals surface area contributed by atoms with Crippen LogP contribution in [-0.2, 0) is 19.9 Å². The number of carbonyl (C=O) groups excluding carboxylic acids is 1. The quantitative estimate of drug-likeness (QED) is 0.939. The minimum atomic E-state index is -0.106. The fourth-order valence-corrected chi connectivity index (χ4v) is 2.93. The fraction of sp³-hybridized carbons (Fsp3) is 0.412. The van der Waals surface area contributed by atoms with Gasteiger partial charge < -0.3 is 5.32 Å². The molecule has 0 saturated carbocycles. The van der Waals surface area contributed by atoms with E-state index in [0.29, 0.717) is 11.6 Å². The van der Waals surface area contributed by atoms with Gasteiger partial charge in [-0.3, -0.25) is 9.48 Å². The fourth-order valence-electron chi connectivity index (χ4n) is 2.93. The molecule has 1 amide bonds. The Morgan fingerprint density at radius 3 is 2.62 bits per heavy atom. The molecule has 0 atom stereocenters. The van der Waals surface area contributed by atoms with Crippen LogP contribution in [0.25, 0.3) is 0 Å². The lowest BCUT2D eigenvalue weighted by molar-refractivity contribution is 0.102. The third-order valence-electron chi connectivity index (χ3n) is 4.17. The monoisotopic (exact) mass is 283 g/mol. The molecule has 0 unspecified atom stereocenters. The Morgan fingerprint density at radius 1 is 1.24 bits per heavy atom. The number of aryl methyl sites for hydroxylation is 1. The molecule has 2 aromatic rings. The van der Waals surface area contributed by atoms with Crippen molar-refractivity contribution in [1.29, 1.82) is 0 Å². The molecule has 4 nitrogen and oxygen atoms in total. The number of amides is 1. The van der Waals surface area contributed by atoms with Gasteiger partial charge in [0.1, 0.15) is 0 Å². The highest BCUT2D eigenvalue weighted by Gasteiger charge is 2.25. The number of carbonyl (C=O) groups is 1. The molecule has 3 rings (SSSR count). The van der Waals surface area contributed by atoms with Gasteiger partial charge in [-0.2, -0.15) is 5.10 Å². The van der Waals surface area contributed by atoms with Crippen molar-refractivity contribution < 1.29 is 4.79 Å². The van der Waals surface area contributed by atoms with Gasteiger partial charge in [-0.05, 0) is 42.9 Å². The molecule has 0 aliphatic heterocycles. The van der Waals surface area contributed by atoms with Gasteiger partial charge in [0.2, 0.25) is 0 Å². The summed E-state index contributed by atoms with van der Waals surface area (Å²) in [6.45, 7) is 4.32. The van der Waals surface area contributed by atoms with Crippen molar-refractivity contribution in [1.82, 2.24) is 9.78 Å². The highest BCUT2D eigenvalue weighted by atomic mass is 16.2. The number of fused-ring (bicyclic) bond motifs is 1. The lowest BCUT2D eigenvalue weighted by Crippen LogP contribution is -2.14. The van der Waals surface area contributed by atoms with E-state index < -0.39 is 0 Å². The molecule has 1 N–H and O–H groups in total. The zero-order valence-electron chi connectivity index (χ0n) is 12.8. The van der Waals surface area contributed by atoms with E-state index in [1.165, 1.54) is 11.3 Å². The van der Waals surface area contributed by atoms with Crippen LogP contribution < -0.4 is 5.32 Å². The average molecular weight is 283 g/mol. The Labute approximate surface area is 125 Å². The summed E-state index contributed by atoms with van der Waals surface area (Å²) in [5, 5.41) is 7.33. The van der Waals surface area contributed by atoms with Crippen LogP contribution >= 0.6 is 0 Å². The molecule has 21 heavy (non-hydrogen) atoms. The summed E-state index contributed by atoms with van der Waals surface area (Å²) in [7, 11) is 1.92. The normalized spacial score (nSPS) is 13.5. The summed E-state index contributed by atoms with van der Waals surface area (Å²) in [6, 6.07) is 8.03. The molecule has 1 aromatic carbocycles. The molecular formula is C17H21N3O. The van der Waals surface area contributed by atoms with Crippen LogP contribution in [0.5, 0.6) is 0 Å². The van der Waals surface area contributed by atoms with Gasteiger partial charge in [0, 0.05) is 24.0 Å². The number of rotatable bonds is 3. The summed E-state index contributed by atoms with van der Waals surface area (Å²) in [5.41, 5.74) is 5.00. The molecule has 1 aromatic heterocycles. The predicted molar refractivity (Wildman–Crippen MR) is 83.7 cm³/mol. The molecule has 0 spiro atoms. The second-order valence-corrected chi connectivity index (χ2v) is 5.98. The van der Waals surface area contributed by atoms with Gasteiger partial charge in [0.25, 0.3) is 5.91 Å². The van der Waals surface area contributed by atoms with E-state index in [1.54, 1.807) is 0 Å². The van der Waals surface area contributed by atoms with Gasteiger partial charge in [0.05, 0.1) is 0 Å². The zero-order chi connectivity index (χ0) is 15.0. The number of nitrogens with one attached hydrogen (secondary N) is 1. The number of hydrogen-bond donors (Lipinski definition) is 1. The first-order valence-corrected chi connectivity index (χ1v) is 7.52. The maximum Gasteiger partial charge on any atom is 0.276 e. The van der Waals surface area contributed by atoms with Crippen molar-refractivity contribution in [3.8, 4) is 0 Å². The second-order valence-electron chi connectivity index (χ2n) is 5.98. The standard InChI is InChI=1S/C17H21N3O/c1-11(2)12-7-9-13(10-8-12)18-17(21)16-14-5-4-6-15(14)20(3)19-16/h7-11H,4-6H2,1-3H3,(H,18,21). The topological polar surface area (TPSA) is 46.9 Å². The van der Waals surface area contributed by atoms with E-state index in [9.17, 15) is 4.79 Å². The molecule has 1 heterocycles. The van der Waals surface area contributed by atoms with Crippen LogP contribution in [-0.4, -0.2) is 15.7 Å². The molecule has 1 aliphatic rings. The average Bonchev–Trinajstić information content (AvgIpc) is 3.04. The van der Waals surface area contributed by atoms with E-state index in [1.807, 2.05) is 23.9 Å². The Kier molecular flexibility index (Phi) is 3.53. The van der Waals surface area contributed by atoms with Crippen molar-refractivity contribution in [2.24, 2.45) is 7.05 Å². The summed E-state index contributed by atoms with van der Waals surface area (Å²) in [5.74, 6) is 0.389. The van der Waals surface area contributed by atoms with Crippen molar-refractivity contribution in [2.45, 2.75) is 39.0 Å². The largest absolute Gasteiger partial charge is 0.321 e. The number of nitrogens with zero attached hydrogens (tertiary/aromatic N) is 2. The number of benzene rings is 1. The molecule has 4 heteroatoms. The first kappa shape index (κ1) is 13.9. The van der Waals surface area contributed by atoms with Crippen LogP contribution in [0.3, 0.4) is 0 Å². The molecule has 0 saturated heterocycles. The third-order valence-corrected chi connectivity index (χ3v) is 4.17. The summed E-state index contributed by atoms with van der Waals surface area (Å²) in [4.78, 5) is 12.4. The number of aromatic nitrogens is 2. The molecule has 110 valence electrons. The van der Waals surface area contributed by atoms with Crippen LogP contribution in [0.2, 0.25) is 0 Å². The van der Waals surface area contributed by atoms with Crippen LogP contribution in [0, 0.1) is 0 Å². The Morgan fingerprint density at radius 2 is 1.95 bits per heavy atom. The van der Waals surface area contributed by atoms with Crippen LogP contribution in [0.15, 0.2) is 24.3 Å². The summed E-state index contributed by atoms with van der Waals surface area (Å²) < 4.78 is 1.85. The maximum absolute atomic E-state index is 12.4. The van der Waals surface area contributed by atoms with Crippen molar-refractivity contribution in [2.75, 3.05) is 5.32 Å². The van der Waals surface area contributed by atoms with Gasteiger partial charge in [-0.25, -0.2) is 0 Å². The van der Waals surface area contributed by atoms with Crippen LogP contribution in [0.1, 0.15) is 53.5 Å². The van der Waals surface area contributed by atoms with E-state index in [0.717, 1.165) is 30.5 Å². The minimum Gasteiger partial charge on any atom is -0.321 e. The Hall–Kier alpha value is -2.10. The second kappa shape index (κ2) is 5.35. The van der Waals surface area contributed by atoms with E-state index in [2.05, 4.69) is 36.4 Å². The Balaban J connectivity index is 1.79. The minimum absolute atomic E-state index is 0.106. The lowest BCUT2D eigenvalue weighted by Gasteiger charge is -2.08. The summed E-state index contributed by atoms with van der Waals surface area (Å²) >= 11 is 0. The van der Waals surface area contributed by atoms with Crippen LogP contribution in [0.4, 0.5) is 5.69 Å². The molecule has 0 fully saturated rings.